The molecule has 0 bridgehead atoms. The van der Waals surface area contributed by atoms with Gasteiger partial charge in [-0.2, -0.15) is 0 Å². The topological polar surface area (TPSA) is 66.5 Å². The molecule has 30 heavy (non-hydrogen) atoms. The SMILES string of the molecule is Cc1ccccc1N(CCCC(=O)N[C@@H](C)CC(C)(C)c1ccccc1)S(C)(=O)=O. The summed E-state index contributed by atoms with van der Waals surface area (Å²) in [6.45, 7) is 8.53. The van der Waals surface area contributed by atoms with Crippen molar-refractivity contribution in [2.75, 3.05) is 17.1 Å². The van der Waals surface area contributed by atoms with Crippen LogP contribution in [0.15, 0.2) is 54.6 Å². The molecule has 0 aliphatic rings. The van der Waals surface area contributed by atoms with E-state index in [4.69, 9.17) is 0 Å². The highest BCUT2D eigenvalue weighted by Crippen LogP contribution is 2.28. The average Bonchev–Trinajstić information content (AvgIpc) is 2.65. The molecule has 1 amide bonds. The lowest BCUT2D eigenvalue weighted by Gasteiger charge is -2.29. The molecule has 1 N–H and O–H groups in total. The molecular weight excluding hydrogens is 396 g/mol. The highest BCUT2D eigenvalue weighted by atomic mass is 32.2. The van der Waals surface area contributed by atoms with Gasteiger partial charge in [-0.25, -0.2) is 8.42 Å². The van der Waals surface area contributed by atoms with Crippen LogP contribution in [0.1, 0.15) is 51.2 Å². The van der Waals surface area contributed by atoms with Gasteiger partial charge in [0.25, 0.3) is 0 Å². The molecule has 0 aromatic heterocycles. The molecule has 0 radical (unpaired) electrons. The monoisotopic (exact) mass is 430 g/mol. The molecule has 164 valence electrons. The summed E-state index contributed by atoms with van der Waals surface area (Å²) >= 11 is 0. The predicted molar refractivity (Wildman–Crippen MR) is 124 cm³/mol. The van der Waals surface area contributed by atoms with Gasteiger partial charge >= 0.3 is 0 Å². The van der Waals surface area contributed by atoms with Crippen LogP contribution >= 0.6 is 0 Å². The molecule has 6 heteroatoms. The summed E-state index contributed by atoms with van der Waals surface area (Å²) in [6, 6.07) is 17.7. The van der Waals surface area contributed by atoms with Gasteiger partial charge in [0.15, 0.2) is 0 Å². The van der Waals surface area contributed by atoms with Crippen LogP contribution in [0, 0.1) is 6.92 Å². The van der Waals surface area contributed by atoms with Crippen molar-refractivity contribution >= 4 is 21.6 Å². The van der Waals surface area contributed by atoms with Gasteiger partial charge in [0, 0.05) is 19.0 Å². The molecule has 0 fully saturated rings. The Hall–Kier alpha value is -2.34. The van der Waals surface area contributed by atoms with E-state index in [1.54, 1.807) is 6.07 Å². The number of carbonyl (C=O) groups excluding carboxylic acids is 1. The van der Waals surface area contributed by atoms with Crippen LogP contribution in [0.2, 0.25) is 0 Å². The van der Waals surface area contributed by atoms with E-state index in [1.165, 1.54) is 16.1 Å². The number of hydrogen-bond donors (Lipinski definition) is 1. The summed E-state index contributed by atoms with van der Waals surface area (Å²) in [7, 11) is -3.41. The van der Waals surface area contributed by atoms with Crippen LogP contribution in [0.4, 0.5) is 5.69 Å². The first-order valence-corrected chi connectivity index (χ1v) is 12.2. The van der Waals surface area contributed by atoms with Crippen LogP contribution in [-0.2, 0) is 20.2 Å². The Labute approximate surface area is 181 Å². The lowest BCUT2D eigenvalue weighted by Crippen LogP contribution is -2.38. The first kappa shape index (κ1) is 23.9. The first-order chi connectivity index (χ1) is 14.0. The summed E-state index contributed by atoms with van der Waals surface area (Å²) in [6.07, 6.45) is 2.77. The number of amides is 1. The zero-order chi connectivity index (χ0) is 22.4. The fourth-order valence-corrected chi connectivity index (χ4v) is 4.88. The van der Waals surface area contributed by atoms with Crippen LogP contribution in [0.25, 0.3) is 0 Å². The molecule has 0 spiro atoms. The van der Waals surface area contributed by atoms with Gasteiger partial charge in [-0.15, -0.1) is 0 Å². The number of rotatable bonds is 10. The molecule has 0 heterocycles. The van der Waals surface area contributed by atoms with Crippen molar-refractivity contribution in [3.63, 3.8) is 0 Å². The van der Waals surface area contributed by atoms with E-state index in [9.17, 15) is 13.2 Å². The minimum atomic E-state index is -3.41. The third-order valence-corrected chi connectivity index (χ3v) is 6.51. The number of hydrogen-bond acceptors (Lipinski definition) is 3. The number of sulfonamides is 1. The smallest absolute Gasteiger partial charge is 0.232 e. The summed E-state index contributed by atoms with van der Waals surface area (Å²) in [5.74, 6) is -0.0513. The zero-order valence-electron chi connectivity index (χ0n) is 18.7. The van der Waals surface area contributed by atoms with Crippen molar-refractivity contribution in [3.05, 3.63) is 65.7 Å². The molecule has 0 saturated heterocycles. The standard InChI is InChI=1S/C24H34N2O3S/c1-19-12-9-10-15-22(19)26(30(5,28)29)17-11-16-23(27)25-20(2)18-24(3,4)21-13-7-6-8-14-21/h6-10,12-15,20H,11,16-18H2,1-5H3,(H,25,27)/t20-/m0/s1. The van der Waals surface area contributed by atoms with E-state index in [2.05, 4.69) is 31.3 Å². The Bertz CT molecular complexity index is 940. The maximum atomic E-state index is 12.4. The fourth-order valence-electron chi connectivity index (χ4n) is 3.86. The van der Waals surface area contributed by atoms with Gasteiger partial charge in [0.2, 0.25) is 15.9 Å². The second-order valence-corrected chi connectivity index (χ2v) is 10.6. The van der Waals surface area contributed by atoms with E-state index in [1.807, 2.05) is 50.2 Å². The van der Waals surface area contributed by atoms with Crippen molar-refractivity contribution < 1.29 is 13.2 Å². The molecular formula is C24H34N2O3S. The minimum Gasteiger partial charge on any atom is -0.354 e. The summed E-state index contributed by atoms with van der Waals surface area (Å²) in [5.41, 5.74) is 2.75. The Balaban J connectivity index is 1.89. The third-order valence-electron chi connectivity index (χ3n) is 5.33. The number of carbonyl (C=O) groups is 1. The van der Waals surface area contributed by atoms with Gasteiger partial charge in [0.1, 0.15) is 0 Å². The summed E-state index contributed by atoms with van der Waals surface area (Å²) < 4.78 is 25.9. The number of nitrogens with zero attached hydrogens (tertiary/aromatic N) is 1. The Morgan fingerprint density at radius 2 is 1.67 bits per heavy atom. The second-order valence-electron chi connectivity index (χ2n) is 8.65. The Morgan fingerprint density at radius 1 is 1.07 bits per heavy atom. The minimum absolute atomic E-state index is 0.0232. The number of para-hydroxylation sites is 1. The van der Waals surface area contributed by atoms with Gasteiger partial charge in [-0.1, -0.05) is 62.4 Å². The zero-order valence-corrected chi connectivity index (χ0v) is 19.5. The highest BCUT2D eigenvalue weighted by molar-refractivity contribution is 7.92. The van der Waals surface area contributed by atoms with Crippen LogP contribution < -0.4 is 9.62 Å². The van der Waals surface area contributed by atoms with Crippen molar-refractivity contribution in [1.29, 1.82) is 0 Å². The number of benzene rings is 2. The van der Waals surface area contributed by atoms with E-state index in [0.29, 0.717) is 12.1 Å². The maximum absolute atomic E-state index is 12.4. The molecule has 0 aliphatic heterocycles. The number of aryl methyl sites for hydroxylation is 1. The van der Waals surface area contributed by atoms with E-state index in [-0.39, 0.29) is 30.3 Å². The Kier molecular flexibility index (Phi) is 8.07. The predicted octanol–water partition coefficient (Wildman–Crippen LogP) is 4.41. The summed E-state index contributed by atoms with van der Waals surface area (Å²) in [5, 5.41) is 3.06. The van der Waals surface area contributed by atoms with E-state index in [0.717, 1.165) is 12.0 Å². The number of anilines is 1. The van der Waals surface area contributed by atoms with Crippen LogP contribution in [0.3, 0.4) is 0 Å². The molecule has 2 aromatic carbocycles. The molecule has 1 atom stereocenters. The van der Waals surface area contributed by atoms with Crippen molar-refractivity contribution in [1.82, 2.24) is 5.32 Å². The molecule has 2 aromatic rings. The molecule has 0 unspecified atom stereocenters. The van der Waals surface area contributed by atoms with Crippen LogP contribution in [-0.4, -0.2) is 33.2 Å². The first-order valence-electron chi connectivity index (χ1n) is 10.4. The molecule has 0 saturated carbocycles. The molecule has 0 aliphatic carbocycles. The lowest BCUT2D eigenvalue weighted by molar-refractivity contribution is -0.121. The van der Waals surface area contributed by atoms with Crippen molar-refractivity contribution in [2.24, 2.45) is 0 Å². The van der Waals surface area contributed by atoms with Gasteiger partial charge < -0.3 is 5.32 Å². The third kappa shape index (κ3) is 6.87. The highest BCUT2D eigenvalue weighted by Gasteiger charge is 2.24. The maximum Gasteiger partial charge on any atom is 0.232 e. The molecule has 2 rings (SSSR count). The summed E-state index contributed by atoms with van der Waals surface area (Å²) in [4.78, 5) is 12.4. The Morgan fingerprint density at radius 3 is 2.27 bits per heavy atom. The largest absolute Gasteiger partial charge is 0.354 e. The number of nitrogens with one attached hydrogen (secondary N) is 1. The lowest BCUT2D eigenvalue weighted by atomic mass is 9.79. The van der Waals surface area contributed by atoms with Gasteiger partial charge in [0.05, 0.1) is 11.9 Å². The quantitative estimate of drug-likeness (QED) is 0.607. The average molecular weight is 431 g/mol. The molecule has 5 nitrogen and oxygen atoms in total. The van der Waals surface area contributed by atoms with E-state index >= 15 is 0 Å². The van der Waals surface area contributed by atoms with Crippen molar-refractivity contribution in [3.8, 4) is 0 Å². The normalized spacial score (nSPS) is 13.0. The van der Waals surface area contributed by atoms with Gasteiger partial charge in [-0.3, -0.25) is 9.10 Å². The fraction of sp³-hybridized carbons (Fsp3) is 0.458. The van der Waals surface area contributed by atoms with Gasteiger partial charge in [-0.05, 0) is 49.3 Å². The van der Waals surface area contributed by atoms with E-state index < -0.39 is 10.0 Å². The van der Waals surface area contributed by atoms with Crippen LogP contribution in [0.5, 0.6) is 0 Å². The second kappa shape index (κ2) is 10.1. The van der Waals surface area contributed by atoms with Crippen molar-refractivity contribution in [2.45, 2.75) is 58.4 Å².